The molecule has 0 amide bonds. The Bertz CT molecular complexity index is 1380. The van der Waals surface area contributed by atoms with Crippen LogP contribution >= 0.6 is 23.1 Å². The monoisotopic (exact) mass is 522 g/mol. The fourth-order valence-electron chi connectivity index (χ4n) is 3.21. The zero-order valence-electron chi connectivity index (χ0n) is 18.2. The molecule has 182 valence electrons. The predicted octanol–water partition coefficient (Wildman–Crippen LogP) is 4.27. The van der Waals surface area contributed by atoms with E-state index in [0.29, 0.717) is 5.56 Å². The molecule has 3 aromatic heterocycles. The number of aliphatic carboxylic acids is 1. The van der Waals surface area contributed by atoms with Crippen LogP contribution in [-0.4, -0.2) is 51.6 Å². The summed E-state index contributed by atoms with van der Waals surface area (Å²) in [5, 5.41) is 22.1. The van der Waals surface area contributed by atoms with Gasteiger partial charge in [0.15, 0.2) is 22.5 Å². The smallest absolute Gasteiger partial charge is 0.433 e. The summed E-state index contributed by atoms with van der Waals surface area (Å²) in [6, 6.07) is 9.24. The van der Waals surface area contributed by atoms with Gasteiger partial charge in [-0.25, -0.2) is 9.67 Å². The van der Waals surface area contributed by atoms with Crippen LogP contribution in [0.25, 0.3) is 16.6 Å². The van der Waals surface area contributed by atoms with Crippen molar-refractivity contribution in [1.29, 1.82) is 0 Å². The van der Waals surface area contributed by atoms with Crippen molar-refractivity contribution in [3.63, 3.8) is 0 Å². The fraction of sp³-hybridized carbons (Fsp3) is 0.238. The van der Waals surface area contributed by atoms with Gasteiger partial charge in [0.05, 0.1) is 17.4 Å². The van der Waals surface area contributed by atoms with Crippen LogP contribution < -0.4 is 0 Å². The van der Waals surface area contributed by atoms with Gasteiger partial charge in [-0.2, -0.15) is 18.3 Å². The highest BCUT2D eigenvalue weighted by atomic mass is 32.2. The first-order valence-corrected chi connectivity index (χ1v) is 11.8. The fourth-order valence-corrected chi connectivity index (χ4v) is 5.04. The van der Waals surface area contributed by atoms with E-state index in [0.717, 1.165) is 33.8 Å². The third-order valence-corrected chi connectivity index (χ3v) is 6.87. The Morgan fingerprint density at radius 1 is 1.20 bits per heavy atom. The van der Waals surface area contributed by atoms with Gasteiger partial charge in [0.1, 0.15) is 5.69 Å². The highest BCUT2D eigenvalue weighted by Crippen LogP contribution is 2.34. The number of carbonyl (C=O) groups is 2. The van der Waals surface area contributed by atoms with E-state index < -0.39 is 29.5 Å². The molecule has 4 aromatic rings. The molecular formula is C21H17F3N6O3S2. The van der Waals surface area contributed by atoms with Crippen LogP contribution in [-0.2, 0) is 18.0 Å². The second-order valence-electron chi connectivity index (χ2n) is 7.40. The van der Waals surface area contributed by atoms with Crippen LogP contribution in [0.15, 0.2) is 46.9 Å². The maximum atomic E-state index is 13.4. The number of hydrogen-bond acceptors (Lipinski definition) is 8. The van der Waals surface area contributed by atoms with Gasteiger partial charge < -0.3 is 9.67 Å². The molecule has 0 unspecified atom stereocenters. The minimum Gasteiger partial charge on any atom is -0.481 e. The molecular weight excluding hydrogens is 505 g/mol. The van der Waals surface area contributed by atoms with Crippen molar-refractivity contribution in [3.05, 3.63) is 58.7 Å². The average Bonchev–Trinajstić information content (AvgIpc) is 3.52. The Morgan fingerprint density at radius 2 is 1.91 bits per heavy atom. The van der Waals surface area contributed by atoms with Gasteiger partial charge in [-0.05, 0) is 13.0 Å². The first kappa shape index (κ1) is 24.6. The Kier molecular flexibility index (Phi) is 6.76. The molecule has 0 aliphatic heterocycles. The Balaban J connectivity index is 1.62. The average molecular weight is 523 g/mol. The number of ketones is 1. The van der Waals surface area contributed by atoms with Crippen molar-refractivity contribution in [1.82, 2.24) is 29.5 Å². The minimum absolute atomic E-state index is 0.000590. The highest BCUT2D eigenvalue weighted by molar-refractivity contribution is 8.00. The molecule has 0 saturated heterocycles. The molecule has 0 bridgehead atoms. The number of Topliss-reactive ketones (excluding diaryl/α,β-unsaturated/α-hetero) is 1. The van der Waals surface area contributed by atoms with Gasteiger partial charge in [0.25, 0.3) is 0 Å². The lowest BCUT2D eigenvalue weighted by molar-refractivity contribution is -0.142. The lowest BCUT2D eigenvalue weighted by Crippen LogP contribution is -2.21. The number of rotatable bonds is 8. The van der Waals surface area contributed by atoms with E-state index in [2.05, 4.69) is 20.3 Å². The quantitative estimate of drug-likeness (QED) is 0.269. The second kappa shape index (κ2) is 9.62. The maximum absolute atomic E-state index is 13.4. The zero-order chi connectivity index (χ0) is 25.3. The number of thiazole rings is 1. The van der Waals surface area contributed by atoms with E-state index in [1.165, 1.54) is 16.9 Å². The number of aryl methyl sites for hydroxylation is 1. The SMILES string of the molecule is Cc1cc(C(F)(F)F)n(-c2nc(-c3nnc(S[C@@H](CC(=O)O)C(=O)c4ccccc4)n3C)cs2)n1. The van der Waals surface area contributed by atoms with E-state index in [9.17, 15) is 27.9 Å². The highest BCUT2D eigenvalue weighted by Gasteiger charge is 2.36. The Hall–Kier alpha value is -3.52. The van der Waals surface area contributed by atoms with Crippen LogP contribution in [0.5, 0.6) is 0 Å². The number of aromatic nitrogens is 6. The number of nitrogens with zero attached hydrogens (tertiary/aromatic N) is 6. The summed E-state index contributed by atoms with van der Waals surface area (Å²) in [5.74, 6) is -1.27. The van der Waals surface area contributed by atoms with Gasteiger partial charge >= 0.3 is 12.1 Å². The lowest BCUT2D eigenvalue weighted by Gasteiger charge is -2.13. The standard InChI is InChI=1S/C21H17F3N6O3S2/c1-11-8-15(21(22,23)24)30(28-11)19-25-13(10-34-19)18-26-27-20(29(18)2)35-14(9-16(31)32)17(33)12-6-4-3-5-7-12/h3-8,10,14H,9H2,1-2H3,(H,31,32)/t14-/m0/s1. The number of halogens is 3. The molecule has 1 atom stereocenters. The number of carbonyl (C=O) groups excluding carboxylic acids is 1. The van der Waals surface area contributed by atoms with Crippen LogP contribution in [0.3, 0.4) is 0 Å². The molecule has 35 heavy (non-hydrogen) atoms. The third-order valence-electron chi connectivity index (χ3n) is 4.82. The maximum Gasteiger partial charge on any atom is 0.433 e. The van der Waals surface area contributed by atoms with Gasteiger partial charge in [-0.15, -0.1) is 21.5 Å². The topological polar surface area (TPSA) is 116 Å². The molecule has 0 fully saturated rings. The number of benzene rings is 1. The molecule has 0 saturated carbocycles. The Labute approximate surface area is 204 Å². The minimum atomic E-state index is -4.61. The lowest BCUT2D eigenvalue weighted by atomic mass is 10.1. The van der Waals surface area contributed by atoms with Crippen molar-refractivity contribution in [2.45, 2.75) is 29.9 Å². The molecule has 14 heteroatoms. The summed E-state index contributed by atoms with van der Waals surface area (Å²) in [7, 11) is 1.60. The van der Waals surface area contributed by atoms with Gasteiger partial charge in [0, 0.05) is 18.0 Å². The van der Waals surface area contributed by atoms with Crippen LogP contribution in [0.1, 0.15) is 28.2 Å². The van der Waals surface area contributed by atoms with Crippen LogP contribution in [0.2, 0.25) is 0 Å². The molecule has 1 aromatic carbocycles. The van der Waals surface area contributed by atoms with Crippen molar-refractivity contribution < 1.29 is 27.9 Å². The van der Waals surface area contributed by atoms with Gasteiger partial charge in [-0.3, -0.25) is 9.59 Å². The van der Waals surface area contributed by atoms with E-state index in [-0.39, 0.29) is 33.3 Å². The van der Waals surface area contributed by atoms with Crippen LogP contribution in [0.4, 0.5) is 13.2 Å². The number of carboxylic acid groups (broad SMARTS) is 1. The van der Waals surface area contributed by atoms with Gasteiger partial charge in [0.2, 0.25) is 5.13 Å². The number of thioether (sulfide) groups is 1. The summed E-state index contributed by atoms with van der Waals surface area (Å²) in [6.45, 7) is 1.46. The molecule has 0 spiro atoms. The number of hydrogen-bond donors (Lipinski definition) is 1. The van der Waals surface area contributed by atoms with Crippen molar-refractivity contribution in [2.75, 3.05) is 0 Å². The predicted molar refractivity (Wildman–Crippen MR) is 122 cm³/mol. The molecule has 0 aliphatic rings. The summed E-state index contributed by atoms with van der Waals surface area (Å²) in [5.41, 5.74) is -0.120. The van der Waals surface area contributed by atoms with E-state index in [4.69, 9.17) is 0 Å². The van der Waals surface area contributed by atoms with E-state index in [1.807, 2.05) is 0 Å². The largest absolute Gasteiger partial charge is 0.481 e. The normalized spacial score (nSPS) is 12.6. The molecule has 9 nitrogen and oxygen atoms in total. The van der Waals surface area contributed by atoms with Gasteiger partial charge in [-0.1, -0.05) is 42.1 Å². The summed E-state index contributed by atoms with van der Waals surface area (Å²) >= 11 is 1.90. The summed E-state index contributed by atoms with van der Waals surface area (Å²) in [6.07, 6.45) is -5.04. The number of alkyl halides is 3. The first-order valence-electron chi connectivity index (χ1n) is 10.0. The van der Waals surface area contributed by atoms with Crippen molar-refractivity contribution in [3.8, 4) is 16.6 Å². The second-order valence-corrected chi connectivity index (χ2v) is 9.40. The van der Waals surface area contributed by atoms with E-state index >= 15 is 0 Å². The summed E-state index contributed by atoms with van der Waals surface area (Å²) in [4.78, 5) is 28.5. The number of carboxylic acids is 1. The molecule has 0 aliphatic carbocycles. The van der Waals surface area contributed by atoms with Crippen molar-refractivity contribution >= 4 is 34.9 Å². The van der Waals surface area contributed by atoms with Crippen LogP contribution in [0, 0.1) is 6.92 Å². The molecule has 4 rings (SSSR count). The van der Waals surface area contributed by atoms with Crippen molar-refractivity contribution in [2.24, 2.45) is 7.05 Å². The Morgan fingerprint density at radius 3 is 2.57 bits per heavy atom. The molecule has 1 N–H and O–H groups in total. The zero-order valence-corrected chi connectivity index (χ0v) is 19.9. The first-order chi connectivity index (χ1) is 16.5. The summed E-state index contributed by atoms with van der Waals surface area (Å²) < 4.78 is 42.3. The third kappa shape index (κ3) is 5.27. The van der Waals surface area contributed by atoms with E-state index in [1.54, 1.807) is 37.4 Å². The molecule has 3 heterocycles. The molecule has 0 radical (unpaired) electrons.